The molecule has 334 valence electrons. The normalized spacial score (nSPS) is 13.0. The molecule has 0 unspecified atom stereocenters. The van der Waals surface area contributed by atoms with Gasteiger partial charge in [-0.3, -0.25) is 0 Å². The molecule has 0 bridgehead atoms. The Morgan fingerprint density at radius 1 is 0.492 bits per heavy atom. The van der Waals surface area contributed by atoms with Gasteiger partial charge < -0.3 is 39.4 Å². The van der Waals surface area contributed by atoms with Crippen LogP contribution in [0.2, 0.25) is 0 Å². The number of amides is 2. The first kappa shape index (κ1) is 45.4. The van der Waals surface area contributed by atoms with Crippen LogP contribution in [0.4, 0.5) is 9.59 Å². The number of carbonyl (C=O) groups excluding carboxylic acids is 3. The van der Waals surface area contributed by atoms with E-state index in [1.165, 1.54) is 7.11 Å². The molecule has 2 amide bonds. The average molecular weight is 877 g/mol. The number of ether oxygens (including phenoxy) is 5. The Labute approximate surface area is 378 Å². The minimum Gasteiger partial charge on any atom is -0.497 e. The molecule has 2 aliphatic carbocycles. The van der Waals surface area contributed by atoms with Crippen molar-refractivity contribution in [3.05, 3.63) is 179 Å². The third-order valence-electron chi connectivity index (χ3n) is 11.8. The van der Waals surface area contributed by atoms with Gasteiger partial charge in [-0.15, -0.1) is 0 Å². The molecule has 0 aromatic heterocycles. The second-order valence-corrected chi connectivity index (χ2v) is 15.7. The van der Waals surface area contributed by atoms with Crippen molar-refractivity contribution in [2.24, 2.45) is 0 Å². The molecule has 0 aliphatic heterocycles. The van der Waals surface area contributed by atoms with Crippen LogP contribution in [0, 0.1) is 0 Å². The van der Waals surface area contributed by atoms with E-state index in [1.54, 1.807) is 14.2 Å². The fraction of sp³-hybridized carbons (Fsp3) is 0.245. The van der Waals surface area contributed by atoms with Gasteiger partial charge in [0.25, 0.3) is 0 Å². The van der Waals surface area contributed by atoms with Gasteiger partial charge in [-0.25, -0.2) is 19.2 Å². The number of hydrogen-bond acceptors (Lipinski definition) is 9. The summed E-state index contributed by atoms with van der Waals surface area (Å²) in [6.45, 7) is 0.330. The Bertz CT molecular complexity index is 2500. The minimum atomic E-state index is -1.09. The highest BCUT2D eigenvalue weighted by molar-refractivity contribution is 5.83. The SMILES string of the molecule is COC(=O)[C@H](CCc1ccc(OC)cc1)NC(=O)OCC1c2ccccc2-c2ccccc21.COc1ccc(CC[C@H](NC(=O)OCC2c3ccccc3-c3ccccc32)C(=O)O)cc1. The van der Waals surface area contributed by atoms with Crippen LogP contribution in [0.15, 0.2) is 146 Å². The van der Waals surface area contributed by atoms with Crippen molar-refractivity contribution in [2.45, 2.75) is 49.6 Å². The summed E-state index contributed by atoms with van der Waals surface area (Å²) >= 11 is 0. The lowest BCUT2D eigenvalue weighted by atomic mass is 9.98. The highest BCUT2D eigenvalue weighted by Crippen LogP contribution is 2.45. The number of carbonyl (C=O) groups is 4. The number of fused-ring (bicyclic) bond motifs is 6. The molecule has 0 fully saturated rings. The number of aliphatic carboxylic acids is 1. The van der Waals surface area contributed by atoms with Gasteiger partial charge in [-0.05, 0) is 106 Å². The summed E-state index contributed by atoms with van der Waals surface area (Å²) in [7, 11) is 4.51. The Hall–Kier alpha value is -7.60. The van der Waals surface area contributed by atoms with Crippen molar-refractivity contribution in [2.75, 3.05) is 34.5 Å². The van der Waals surface area contributed by atoms with Crippen molar-refractivity contribution in [1.29, 1.82) is 0 Å². The molecule has 0 radical (unpaired) electrons. The van der Waals surface area contributed by atoms with Gasteiger partial charge in [-0.2, -0.15) is 0 Å². The van der Waals surface area contributed by atoms with Gasteiger partial charge in [0.2, 0.25) is 0 Å². The number of carboxylic acids is 1. The number of carboxylic acid groups (broad SMARTS) is 1. The quantitative estimate of drug-likeness (QED) is 0.0632. The Morgan fingerprint density at radius 3 is 1.17 bits per heavy atom. The molecule has 12 nitrogen and oxygen atoms in total. The largest absolute Gasteiger partial charge is 0.497 e. The van der Waals surface area contributed by atoms with Crippen LogP contribution in [0.5, 0.6) is 11.5 Å². The van der Waals surface area contributed by atoms with Crippen LogP contribution in [-0.4, -0.2) is 75.9 Å². The smallest absolute Gasteiger partial charge is 0.407 e. The van der Waals surface area contributed by atoms with E-state index in [2.05, 4.69) is 47.0 Å². The molecular weight excluding hydrogens is 825 g/mol. The van der Waals surface area contributed by atoms with E-state index in [0.29, 0.717) is 19.3 Å². The highest BCUT2D eigenvalue weighted by Gasteiger charge is 2.31. The molecule has 0 heterocycles. The maximum atomic E-state index is 12.6. The van der Waals surface area contributed by atoms with E-state index >= 15 is 0 Å². The molecule has 0 saturated carbocycles. The molecule has 65 heavy (non-hydrogen) atoms. The number of hydrogen-bond donors (Lipinski definition) is 3. The molecule has 0 saturated heterocycles. The van der Waals surface area contributed by atoms with Crippen LogP contribution in [0.1, 0.15) is 58.1 Å². The summed E-state index contributed by atoms with van der Waals surface area (Å²) in [5.74, 6) is -0.209. The predicted octanol–water partition coefficient (Wildman–Crippen LogP) is 9.33. The van der Waals surface area contributed by atoms with Crippen LogP contribution >= 0.6 is 0 Å². The number of benzene rings is 6. The van der Waals surface area contributed by atoms with E-state index < -0.39 is 36.2 Å². The summed E-state index contributed by atoms with van der Waals surface area (Å²) in [5, 5.41) is 14.7. The van der Waals surface area contributed by atoms with E-state index in [-0.39, 0.29) is 31.5 Å². The van der Waals surface area contributed by atoms with E-state index in [4.69, 9.17) is 23.7 Å². The Morgan fingerprint density at radius 2 is 0.831 bits per heavy atom. The maximum absolute atomic E-state index is 12.6. The van der Waals surface area contributed by atoms with Crippen LogP contribution in [0.25, 0.3) is 22.3 Å². The first-order valence-corrected chi connectivity index (χ1v) is 21.5. The predicted molar refractivity (Wildman–Crippen MR) is 246 cm³/mol. The van der Waals surface area contributed by atoms with Crippen molar-refractivity contribution in [1.82, 2.24) is 10.6 Å². The number of aryl methyl sites for hydroxylation is 2. The van der Waals surface area contributed by atoms with Gasteiger partial charge >= 0.3 is 24.1 Å². The molecular formula is C53H52N2O10. The number of esters is 1. The molecule has 2 atom stereocenters. The zero-order valence-corrected chi connectivity index (χ0v) is 36.5. The van der Waals surface area contributed by atoms with Gasteiger partial charge in [0, 0.05) is 11.8 Å². The first-order chi connectivity index (χ1) is 31.7. The second-order valence-electron chi connectivity index (χ2n) is 15.7. The molecule has 12 heteroatoms. The molecule has 8 rings (SSSR count). The zero-order chi connectivity index (χ0) is 45.7. The number of alkyl carbamates (subject to hydrolysis) is 2. The third kappa shape index (κ3) is 11.1. The second kappa shape index (κ2) is 21.7. The topological polar surface area (TPSA) is 159 Å². The van der Waals surface area contributed by atoms with Gasteiger partial charge in [0.1, 0.15) is 36.8 Å². The Balaban J connectivity index is 0.000000194. The summed E-state index contributed by atoms with van der Waals surface area (Å²) in [4.78, 5) is 48.9. The molecule has 3 N–H and O–H groups in total. The standard InChI is InChI=1S/C27H27NO5.C26H25NO5/c1-31-19-14-11-18(12-15-19)13-16-25(26(29)32-2)28-27(30)33-17-24-22-9-5-3-7-20(22)21-8-4-6-10-23(21)24;1-31-18-13-10-17(11-14-18)12-15-24(25(28)29)27-26(30)32-16-23-21-8-4-2-6-19(21)20-7-3-5-9-22(20)23/h3-12,14-15,24-25H,13,16-17H2,1-2H3,(H,28,30);2-11,13-14,23-24H,12,15-16H2,1H3,(H,27,30)(H,28,29)/t25-;24-/m00/s1. The monoisotopic (exact) mass is 876 g/mol. The van der Waals surface area contributed by atoms with Crippen molar-refractivity contribution >= 4 is 24.1 Å². The fourth-order valence-electron chi connectivity index (χ4n) is 8.42. The summed E-state index contributed by atoms with van der Waals surface area (Å²) < 4.78 is 26.2. The third-order valence-corrected chi connectivity index (χ3v) is 11.8. The molecule has 6 aromatic carbocycles. The van der Waals surface area contributed by atoms with E-state index in [0.717, 1.165) is 67.1 Å². The van der Waals surface area contributed by atoms with E-state index in [9.17, 15) is 24.3 Å². The van der Waals surface area contributed by atoms with Gasteiger partial charge in [0.15, 0.2) is 0 Å². The van der Waals surface area contributed by atoms with Gasteiger partial charge in [-0.1, -0.05) is 121 Å². The summed E-state index contributed by atoms with van der Waals surface area (Å²) in [6, 6.07) is 45.6. The number of rotatable bonds is 16. The fourth-order valence-corrected chi connectivity index (χ4v) is 8.42. The lowest BCUT2D eigenvalue weighted by molar-refractivity contribution is -0.143. The zero-order valence-electron chi connectivity index (χ0n) is 36.5. The minimum absolute atomic E-state index is 0.0426. The van der Waals surface area contributed by atoms with Crippen molar-refractivity contribution < 1.29 is 48.0 Å². The Kier molecular flexibility index (Phi) is 15.1. The van der Waals surface area contributed by atoms with E-state index in [1.807, 2.05) is 109 Å². The lowest BCUT2D eigenvalue weighted by Crippen LogP contribution is -2.42. The summed E-state index contributed by atoms with van der Waals surface area (Å²) in [6.07, 6.45) is 0.378. The van der Waals surface area contributed by atoms with Gasteiger partial charge in [0.05, 0.1) is 21.3 Å². The van der Waals surface area contributed by atoms with Crippen molar-refractivity contribution in [3.8, 4) is 33.8 Å². The van der Waals surface area contributed by atoms with Crippen LogP contribution in [-0.2, 0) is 36.6 Å². The highest BCUT2D eigenvalue weighted by atomic mass is 16.6. The maximum Gasteiger partial charge on any atom is 0.407 e. The summed E-state index contributed by atoms with van der Waals surface area (Å²) in [5.41, 5.74) is 11.1. The molecule has 6 aromatic rings. The average Bonchev–Trinajstić information content (AvgIpc) is 3.85. The lowest BCUT2D eigenvalue weighted by Gasteiger charge is -2.18. The molecule has 0 spiro atoms. The van der Waals surface area contributed by atoms with Crippen molar-refractivity contribution in [3.63, 3.8) is 0 Å². The number of nitrogens with one attached hydrogen (secondary N) is 2. The number of methoxy groups -OCH3 is 3. The van der Waals surface area contributed by atoms with Crippen LogP contribution < -0.4 is 20.1 Å². The molecule has 2 aliphatic rings. The van der Waals surface area contributed by atoms with Crippen LogP contribution in [0.3, 0.4) is 0 Å². The first-order valence-electron chi connectivity index (χ1n) is 21.5.